The summed E-state index contributed by atoms with van der Waals surface area (Å²) in [6, 6.07) is 8.98. The molecular weight excluding hydrogens is 320 g/mol. The van der Waals surface area contributed by atoms with Crippen molar-refractivity contribution < 1.29 is 4.79 Å². The van der Waals surface area contributed by atoms with Crippen LogP contribution in [0.25, 0.3) is 11.3 Å². The van der Waals surface area contributed by atoms with Gasteiger partial charge in [-0.15, -0.1) is 11.3 Å². The predicted molar refractivity (Wildman–Crippen MR) is 88.6 cm³/mol. The first-order chi connectivity index (χ1) is 10.5. The molecule has 0 aliphatic carbocycles. The monoisotopic (exact) mass is 332 g/mol. The second-order valence-corrected chi connectivity index (χ2v) is 6.43. The number of hydrogen-bond acceptors (Lipinski definition) is 4. The third-order valence-electron chi connectivity index (χ3n) is 3.21. The van der Waals surface area contributed by atoms with Crippen molar-refractivity contribution in [2.24, 2.45) is 0 Å². The molecule has 1 amide bonds. The van der Waals surface area contributed by atoms with E-state index in [0.717, 1.165) is 16.1 Å². The maximum absolute atomic E-state index is 12.2. The van der Waals surface area contributed by atoms with Gasteiger partial charge in [0, 0.05) is 15.5 Å². The minimum absolute atomic E-state index is 0.263. The van der Waals surface area contributed by atoms with Crippen molar-refractivity contribution in [3.05, 3.63) is 51.6 Å². The molecule has 0 fully saturated rings. The number of carbonyl (C=O) groups excluding carboxylic acids is 1. The van der Waals surface area contributed by atoms with E-state index in [-0.39, 0.29) is 5.91 Å². The largest absolute Gasteiger partial charge is 0.296 e. The normalized spacial score (nSPS) is 10.7. The summed E-state index contributed by atoms with van der Waals surface area (Å²) in [6.07, 6.45) is 0. The zero-order valence-electron chi connectivity index (χ0n) is 12.0. The molecule has 0 unspecified atom stereocenters. The molecule has 0 radical (unpaired) electrons. The van der Waals surface area contributed by atoms with Gasteiger partial charge < -0.3 is 0 Å². The predicted octanol–water partition coefficient (Wildman–Crippen LogP) is 4.06. The molecule has 0 aliphatic heterocycles. The molecule has 22 heavy (non-hydrogen) atoms. The van der Waals surface area contributed by atoms with Crippen LogP contribution >= 0.6 is 22.9 Å². The zero-order valence-corrected chi connectivity index (χ0v) is 13.5. The Labute approximate surface area is 136 Å². The second-order valence-electron chi connectivity index (χ2n) is 4.79. The highest BCUT2D eigenvalue weighted by molar-refractivity contribution is 7.15. The van der Waals surface area contributed by atoms with Gasteiger partial charge in [0.15, 0.2) is 5.13 Å². The molecule has 3 rings (SSSR count). The molecule has 3 aromatic rings. The number of aryl methyl sites for hydroxylation is 2. The molecule has 0 atom stereocenters. The number of amides is 1. The number of anilines is 1. The van der Waals surface area contributed by atoms with Crippen LogP contribution in [0.1, 0.15) is 21.1 Å². The number of aromatic nitrogens is 3. The second kappa shape index (κ2) is 5.90. The van der Waals surface area contributed by atoms with Crippen molar-refractivity contribution >= 4 is 34.0 Å². The van der Waals surface area contributed by atoms with Crippen molar-refractivity contribution in [2.45, 2.75) is 13.8 Å². The third-order valence-corrected chi connectivity index (χ3v) is 4.45. The number of thiazole rings is 1. The lowest BCUT2D eigenvalue weighted by Crippen LogP contribution is -2.12. The maximum atomic E-state index is 12.2. The van der Waals surface area contributed by atoms with Crippen LogP contribution in [0.5, 0.6) is 0 Å². The minimum Gasteiger partial charge on any atom is -0.296 e. The number of hydrogen-bond donors (Lipinski definition) is 2. The van der Waals surface area contributed by atoms with E-state index in [2.05, 4.69) is 20.5 Å². The van der Waals surface area contributed by atoms with Crippen LogP contribution in [0.4, 0.5) is 5.13 Å². The Morgan fingerprint density at radius 3 is 2.64 bits per heavy atom. The Balaban J connectivity index is 1.78. The van der Waals surface area contributed by atoms with Gasteiger partial charge >= 0.3 is 0 Å². The van der Waals surface area contributed by atoms with Gasteiger partial charge in [-0.3, -0.25) is 15.2 Å². The molecule has 0 aliphatic rings. The van der Waals surface area contributed by atoms with E-state index in [0.29, 0.717) is 21.5 Å². The van der Waals surface area contributed by atoms with Crippen LogP contribution in [-0.2, 0) is 0 Å². The molecule has 2 aromatic heterocycles. The summed E-state index contributed by atoms with van der Waals surface area (Å²) >= 11 is 7.31. The number of nitrogens with zero attached hydrogens (tertiary/aromatic N) is 2. The molecule has 0 saturated heterocycles. The Morgan fingerprint density at radius 1 is 1.27 bits per heavy atom. The van der Waals surface area contributed by atoms with E-state index in [9.17, 15) is 4.79 Å². The minimum atomic E-state index is -0.263. The van der Waals surface area contributed by atoms with Crippen LogP contribution in [0.3, 0.4) is 0 Å². The molecule has 5 nitrogen and oxygen atoms in total. The fourth-order valence-corrected chi connectivity index (χ4v) is 2.83. The van der Waals surface area contributed by atoms with E-state index >= 15 is 0 Å². The van der Waals surface area contributed by atoms with Crippen molar-refractivity contribution in [3.63, 3.8) is 0 Å². The van der Waals surface area contributed by atoms with Crippen LogP contribution in [0.15, 0.2) is 30.3 Å². The SMILES string of the molecule is Cc1nc(NC(=O)c2cc(-c3ccc(Cl)cc3)n[nH]2)sc1C. The Kier molecular flexibility index (Phi) is 3.96. The molecule has 2 heterocycles. The first-order valence-electron chi connectivity index (χ1n) is 6.59. The summed E-state index contributed by atoms with van der Waals surface area (Å²) in [6.45, 7) is 3.88. The third kappa shape index (κ3) is 3.03. The lowest BCUT2D eigenvalue weighted by Gasteiger charge is -1.97. The fraction of sp³-hybridized carbons (Fsp3) is 0.133. The Morgan fingerprint density at radius 2 is 2.00 bits per heavy atom. The summed E-state index contributed by atoms with van der Waals surface area (Å²) in [7, 11) is 0. The van der Waals surface area contributed by atoms with Gasteiger partial charge in [-0.2, -0.15) is 5.10 Å². The van der Waals surface area contributed by atoms with Gasteiger partial charge in [0.2, 0.25) is 0 Å². The molecule has 7 heteroatoms. The summed E-state index contributed by atoms with van der Waals surface area (Å²) in [5.74, 6) is -0.263. The Hall–Kier alpha value is -2.18. The molecule has 1 aromatic carbocycles. The van der Waals surface area contributed by atoms with Gasteiger partial charge in [0.25, 0.3) is 5.91 Å². The average Bonchev–Trinajstić information content (AvgIpc) is 3.08. The maximum Gasteiger partial charge on any atom is 0.275 e. The Bertz CT molecular complexity index is 803. The molecule has 112 valence electrons. The number of carbonyl (C=O) groups is 1. The van der Waals surface area contributed by atoms with Crippen LogP contribution in [0, 0.1) is 13.8 Å². The summed E-state index contributed by atoms with van der Waals surface area (Å²) in [5.41, 5.74) is 2.89. The lowest BCUT2D eigenvalue weighted by molar-refractivity contribution is 0.102. The van der Waals surface area contributed by atoms with Crippen molar-refractivity contribution in [1.82, 2.24) is 15.2 Å². The van der Waals surface area contributed by atoms with E-state index < -0.39 is 0 Å². The number of halogens is 1. The molecule has 2 N–H and O–H groups in total. The van der Waals surface area contributed by atoms with E-state index in [1.54, 1.807) is 18.2 Å². The molecule has 0 saturated carbocycles. The average molecular weight is 333 g/mol. The van der Waals surface area contributed by atoms with Crippen molar-refractivity contribution in [1.29, 1.82) is 0 Å². The van der Waals surface area contributed by atoms with Crippen molar-refractivity contribution in [3.8, 4) is 11.3 Å². The summed E-state index contributed by atoms with van der Waals surface area (Å²) in [5, 5.41) is 10.9. The topological polar surface area (TPSA) is 70.7 Å². The van der Waals surface area contributed by atoms with Gasteiger partial charge in [-0.1, -0.05) is 23.7 Å². The summed E-state index contributed by atoms with van der Waals surface area (Å²) < 4.78 is 0. The lowest BCUT2D eigenvalue weighted by atomic mass is 10.1. The number of aromatic amines is 1. The number of benzene rings is 1. The highest BCUT2D eigenvalue weighted by Crippen LogP contribution is 2.23. The fourth-order valence-electron chi connectivity index (χ4n) is 1.90. The van der Waals surface area contributed by atoms with Crippen LogP contribution in [0.2, 0.25) is 5.02 Å². The van der Waals surface area contributed by atoms with Crippen LogP contribution < -0.4 is 5.32 Å². The smallest absolute Gasteiger partial charge is 0.275 e. The van der Waals surface area contributed by atoms with E-state index in [1.807, 2.05) is 26.0 Å². The number of nitrogens with one attached hydrogen (secondary N) is 2. The standard InChI is InChI=1S/C15H13ClN4OS/c1-8-9(2)22-15(17-8)18-14(21)13-7-12(19-20-13)10-3-5-11(16)6-4-10/h3-7H,1-2H3,(H,19,20)(H,17,18,21). The highest BCUT2D eigenvalue weighted by Gasteiger charge is 2.13. The first-order valence-corrected chi connectivity index (χ1v) is 7.79. The first kappa shape index (κ1) is 14.7. The van der Waals surface area contributed by atoms with Crippen LogP contribution in [-0.4, -0.2) is 21.1 Å². The van der Waals surface area contributed by atoms with Gasteiger partial charge in [0.1, 0.15) is 5.69 Å². The van der Waals surface area contributed by atoms with Gasteiger partial charge in [0.05, 0.1) is 11.4 Å². The summed E-state index contributed by atoms with van der Waals surface area (Å²) in [4.78, 5) is 17.6. The number of rotatable bonds is 3. The van der Waals surface area contributed by atoms with E-state index in [4.69, 9.17) is 11.6 Å². The number of H-pyrrole nitrogens is 1. The van der Waals surface area contributed by atoms with Gasteiger partial charge in [-0.25, -0.2) is 4.98 Å². The molecular formula is C15H13ClN4OS. The van der Waals surface area contributed by atoms with E-state index in [1.165, 1.54) is 11.3 Å². The molecule has 0 bridgehead atoms. The quantitative estimate of drug-likeness (QED) is 0.760. The van der Waals surface area contributed by atoms with Gasteiger partial charge in [-0.05, 0) is 32.0 Å². The zero-order chi connectivity index (χ0) is 15.7. The van der Waals surface area contributed by atoms with Crippen molar-refractivity contribution in [2.75, 3.05) is 5.32 Å². The highest BCUT2D eigenvalue weighted by atomic mass is 35.5. The molecule has 0 spiro atoms.